The van der Waals surface area contributed by atoms with Gasteiger partial charge in [-0.3, -0.25) is 9.59 Å². The summed E-state index contributed by atoms with van der Waals surface area (Å²) in [4.78, 5) is 29.1. The van der Waals surface area contributed by atoms with E-state index >= 15 is 0 Å². The average Bonchev–Trinajstić information content (AvgIpc) is 3.32. The minimum absolute atomic E-state index is 0.0427. The predicted octanol–water partition coefficient (Wildman–Crippen LogP) is 5.36. The number of halogens is 4. The zero-order valence-electron chi connectivity index (χ0n) is 22.1. The molecule has 218 valence electrons. The van der Waals surface area contributed by atoms with E-state index in [-0.39, 0.29) is 41.8 Å². The third-order valence-electron chi connectivity index (χ3n) is 7.28. The summed E-state index contributed by atoms with van der Waals surface area (Å²) in [6.07, 6.45) is 1.84. The third kappa shape index (κ3) is 8.39. The Balaban J connectivity index is 1.25. The molecule has 1 saturated carbocycles. The largest absolute Gasteiger partial charge is 0.506 e. The van der Waals surface area contributed by atoms with Gasteiger partial charge in [-0.1, -0.05) is 46.7 Å². The summed E-state index contributed by atoms with van der Waals surface area (Å²) in [5, 5.41) is 17.6. The Morgan fingerprint density at radius 3 is 2.52 bits per heavy atom. The Hall–Kier alpha value is -2.24. The van der Waals surface area contributed by atoms with Crippen LogP contribution in [-0.4, -0.2) is 65.6 Å². The lowest BCUT2D eigenvalue weighted by atomic mass is 9.91. The maximum absolute atomic E-state index is 13.8. The Bertz CT molecular complexity index is 1360. The van der Waals surface area contributed by atoms with Crippen LogP contribution in [0.3, 0.4) is 0 Å². The number of aromatic nitrogens is 1. The number of phenolic OH excluding ortho intramolecular Hbond substituents is 1. The second kappa shape index (κ2) is 14.1. The topological polar surface area (TPSA) is 97.5 Å². The van der Waals surface area contributed by atoms with Gasteiger partial charge < -0.3 is 25.6 Å². The highest BCUT2D eigenvalue weighted by molar-refractivity contribution is 7.16. The molecule has 1 heterocycles. The normalized spacial score (nSPS) is 15.5. The van der Waals surface area contributed by atoms with E-state index in [4.69, 9.17) is 23.2 Å². The summed E-state index contributed by atoms with van der Waals surface area (Å²) < 4.78 is 28.3. The molecule has 0 unspecified atom stereocenters. The van der Waals surface area contributed by atoms with Crippen molar-refractivity contribution in [3.8, 4) is 5.75 Å². The highest BCUT2D eigenvalue weighted by Crippen LogP contribution is 2.35. The number of aromatic amines is 1. The molecule has 0 spiro atoms. The number of amides is 1. The molecule has 0 saturated heterocycles. The molecule has 1 amide bonds. The highest BCUT2D eigenvalue weighted by Gasteiger charge is 2.37. The van der Waals surface area contributed by atoms with E-state index in [9.17, 15) is 23.5 Å². The molecule has 3 aromatic rings. The van der Waals surface area contributed by atoms with Gasteiger partial charge >= 0.3 is 4.87 Å². The number of H-pyrrole nitrogens is 1. The number of nitrogens with one attached hydrogen (secondary N) is 3. The lowest BCUT2D eigenvalue weighted by molar-refractivity contribution is -0.136. The van der Waals surface area contributed by atoms with Crippen molar-refractivity contribution in [3.05, 3.63) is 61.2 Å². The van der Waals surface area contributed by atoms with Gasteiger partial charge in [-0.15, -0.1) is 0 Å². The Kier molecular flexibility index (Phi) is 10.8. The molecule has 1 aliphatic carbocycles. The molecule has 0 atom stereocenters. The van der Waals surface area contributed by atoms with Gasteiger partial charge in [0.25, 0.3) is 0 Å². The fourth-order valence-corrected chi connectivity index (χ4v) is 6.27. The number of aromatic hydroxyl groups is 1. The summed E-state index contributed by atoms with van der Waals surface area (Å²) in [5.41, 5.74) is 2.43. The van der Waals surface area contributed by atoms with E-state index in [0.717, 1.165) is 33.6 Å². The summed E-state index contributed by atoms with van der Waals surface area (Å²) in [6, 6.07) is 8.68. The molecule has 0 radical (unpaired) electrons. The number of nitrogens with zero attached hydrogens (tertiary/aromatic N) is 1. The van der Waals surface area contributed by atoms with Crippen molar-refractivity contribution in [1.29, 1.82) is 0 Å². The van der Waals surface area contributed by atoms with E-state index in [1.54, 1.807) is 23.1 Å². The summed E-state index contributed by atoms with van der Waals surface area (Å²) >= 11 is 13.1. The van der Waals surface area contributed by atoms with Crippen molar-refractivity contribution in [2.75, 3.05) is 32.7 Å². The molecule has 4 rings (SSSR count). The number of thiazole rings is 1. The van der Waals surface area contributed by atoms with Gasteiger partial charge in [0.05, 0.1) is 14.7 Å². The second-order valence-electron chi connectivity index (χ2n) is 10.1. The van der Waals surface area contributed by atoms with Gasteiger partial charge in [0.1, 0.15) is 11.3 Å². The number of hydrogen-bond acceptors (Lipinski definition) is 6. The van der Waals surface area contributed by atoms with Crippen molar-refractivity contribution >= 4 is 50.7 Å². The summed E-state index contributed by atoms with van der Waals surface area (Å²) in [7, 11) is 0. The molecule has 40 heavy (non-hydrogen) atoms. The standard InChI is InChI=1S/C28H34Cl2F2N4O3S/c29-21-3-1-18(17-22(21)30)7-12-33-14-9-24(38)36(20-5-10-28(31,32)11-6-20)16-15-34-13-8-19-2-4-23(37)25-26(19)40-27(39)35-25/h1-4,17,20,33-34,37H,5-16H2,(H,35,39). The molecule has 1 fully saturated rings. The van der Waals surface area contributed by atoms with Crippen LogP contribution in [0.15, 0.2) is 35.1 Å². The lowest BCUT2D eigenvalue weighted by Crippen LogP contribution is -2.47. The van der Waals surface area contributed by atoms with Gasteiger partial charge in [0, 0.05) is 44.9 Å². The fourth-order valence-electron chi connectivity index (χ4n) is 5.06. The number of carbonyl (C=O) groups is 1. The molecular weight excluding hydrogens is 581 g/mol. The van der Waals surface area contributed by atoms with Gasteiger partial charge in [-0.25, -0.2) is 8.78 Å². The number of phenols is 1. The molecule has 1 aliphatic rings. The zero-order valence-corrected chi connectivity index (χ0v) is 24.4. The number of carbonyl (C=O) groups excluding carboxylic acids is 1. The number of benzene rings is 2. The zero-order chi connectivity index (χ0) is 28.7. The SMILES string of the molecule is O=C(CCNCCc1ccc(Cl)c(Cl)c1)N(CCNCCc1ccc(O)c2[nH]c(=O)sc12)C1CCC(F)(F)CC1. The molecular formula is C28H34Cl2F2N4O3S. The molecule has 0 aliphatic heterocycles. The van der Waals surface area contributed by atoms with Crippen LogP contribution in [0.1, 0.15) is 43.2 Å². The molecule has 12 heteroatoms. The minimum atomic E-state index is -2.66. The first kappa shape index (κ1) is 30.7. The van der Waals surface area contributed by atoms with Crippen molar-refractivity contribution in [2.45, 2.75) is 56.9 Å². The average molecular weight is 616 g/mol. The van der Waals surface area contributed by atoms with Crippen molar-refractivity contribution in [3.63, 3.8) is 0 Å². The van der Waals surface area contributed by atoms with Gasteiger partial charge in [0.15, 0.2) is 0 Å². The van der Waals surface area contributed by atoms with Gasteiger partial charge in [0.2, 0.25) is 11.8 Å². The molecule has 2 aromatic carbocycles. The summed E-state index contributed by atoms with van der Waals surface area (Å²) in [6.45, 7) is 2.72. The van der Waals surface area contributed by atoms with Crippen LogP contribution in [0.25, 0.3) is 10.2 Å². The van der Waals surface area contributed by atoms with Crippen LogP contribution < -0.4 is 15.5 Å². The summed E-state index contributed by atoms with van der Waals surface area (Å²) in [5.74, 6) is -2.66. The van der Waals surface area contributed by atoms with Crippen molar-refractivity contribution in [1.82, 2.24) is 20.5 Å². The van der Waals surface area contributed by atoms with Crippen LogP contribution in [0.2, 0.25) is 10.0 Å². The van der Waals surface area contributed by atoms with Gasteiger partial charge in [-0.2, -0.15) is 0 Å². The fraction of sp³-hybridized carbons (Fsp3) is 0.500. The first-order valence-corrected chi connectivity index (χ1v) is 15.1. The minimum Gasteiger partial charge on any atom is -0.506 e. The Morgan fingerprint density at radius 1 is 1.05 bits per heavy atom. The quantitative estimate of drug-likeness (QED) is 0.194. The van der Waals surface area contributed by atoms with Crippen molar-refractivity contribution < 1.29 is 18.7 Å². The number of alkyl halides is 2. The second-order valence-corrected chi connectivity index (χ2v) is 11.9. The maximum Gasteiger partial charge on any atom is 0.305 e. The van der Waals surface area contributed by atoms with Crippen LogP contribution >= 0.6 is 34.5 Å². The van der Waals surface area contributed by atoms with E-state index in [1.165, 1.54) is 0 Å². The van der Waals surface area contributed by atoms with E-state index in [0.29, 0.717) is 67.5 Å². The van der Waals surface area contributed by atoms with E-state index in [2.05, 4.69) is 15.6 Å². The third-order valence-corrected chi connectivity index (χ3v) is 8.97. The van der Waals surface area contributed by atoms with Crippen LogP contribution in [0.5, 0.6) is 5.75 Å². The molecule has 0 bridgehead atoms. The number of hydrogen-bond donors (Lipinski definition) is 4. The number of rotatable bonds is 13. The maximum atomic E-state index is 13.8. The highest BCUT2D eigenvalue weighted by atomic mass is 35.5. The van der Waals surface area contributed by atoms with Gasteiger partial charge in [-0.05, 0) is 68.1 Å². The smallest absolute Gasteiger partial charge is 0.305 e. The first-order valence-electron chi connectivity index (χ1n) is 13.5. The van der Waals surface area contributed by atoms with E-state index in [1.807, 2.05) is 12.1 Å². The Labute approximate surface area is 245 Å². The van der Waals surface area contributed by atoms with Crippen LogP contribution in [0, 0.1) is 0 Å². The molecule has 1 aromatic heterocycles. The first-order chi connectivity index (χ1) is 19.1. The predicted molar refractivity (Wildman–Crippen MR) is 157 cm³/mol. The lowest BCUT2D eigenvalue weighted by Gasteiger charge is -2.37. The Morgan fingerprint density at radius 2 is 1.77 bits per heavy atom. The van der Waals surface area contributed by atoms with E-state index < -0.39 is 5.92 Å². The van der Waals surface area contributed by atoms with Crippen LogP contribution in [-0.2, 0) is 17.6 Å². The number of fused-ring (bicyclic) bond motifs is 1. The van der Waals surface area contributed by atoms with Crippen LogP contribution in [0.4, 0.5) is 8.78 Å². The molecule has 4 N–H and O–H groups in total. The monoisotopic (exact) mass is 614 g/mol. The molecule has 7 nitrogen and oxygen atoms in total. The van der Waals surface area contributed by atoms with Crippen molar-refractivity contribution in [2.24, 2.45) is 0 Å².